The third-order valence-electron chi connectivity index (χ3n) is 4.77. The topological polar surface area (TPSA) is 9.23 Å². The van der Waals surface area contributed by atoms with Gasteiger partial charge in [-0.05, 0) is 66.1 Å². The van der Waals surface area contributed by atoms with Crippen LogP contribution in [0.3, 0.4) is 0 Å². The highest BCUT2D eigenvalue weighted by atomic mass is 19.3. The quantitative estimate of drug-likeness (QED) is 0.266. The van der Waals surface area contributed by atoms with Crippen LogP contribution in [0, 0.1) is 5.82 Å². The molecule has 0 fully saturated rings. The summed E-state index contributed by atoms with van der Waals surface area (Å²) in [6.45, 7) is 0.872. The van der Waals surface area contributed by atoms with Gasteiger partial charge < -0.3 is 4.74 Å². The van der Waals surface area contributed by atoms with Crippen molar-refractivity contribution >= 4 is 0 Å². The summed E-state index contributed by atoms with van der Waals surface area (Å²) in [5.74, 6) is -0.112. The molecule has 0 heterocycles. The van der Waals surface area contributed by atoms with Gasteiger partial charge in [0.15, 0.2) is 0 Å². The zero-order chi connectivity index (χ0) is 20.6. The lowest BCUT2D eigenvalue weighted by atomic mass is 9.98. The number of rotatable bonds is 9. The van der Waals surface area contributed by atoms with E-state index in [0.29, 0.717) is 5.56 Å². The number of benzene rings is 3. The second kappa shape index (κ2) is 9.97. The Hall–Kier alpha value is -3.01. The lowest BCUT2D eigenvalue weighted by Crippen LogP contribution is -2.01. The van der Waals surface area contributed by atoms with Crippen molar-refractivity contribution in [2.45, 2.75) is 32.3 Å². The molecule has 150 valence electrons. The Labute approximate surface area is 169 Å². The van der Waals surface area contributed by atoms with E-state index in [9.17, 15) is 13.2 Å². The first-order valence-electron chi connectivity index (χ1n) is 9.62. The number of aryl methyl sites for hydroxylation is 1. The fourth-order valence-corrected chi connectivity index (χ4v) is 3.24. The average Bonchev–Trinajstić information content (AvgIpc) is 2.72. The molecule has 4 heteroatoms. The van der Waals surface area contributed by atoms with E-state index in [1.54, 1.807) is 18.2 Å². The van der Waals surface area contributed by atoms with Gasteiger partial charge in [-0.15, -0.1) is 6.58 Å². The minimum Gasteiger partial charge on any atom is -0.435 e. The Bertz CT molecular complexity index is 931. The molecule has 0 amide bonds. The molecule has 0 radical (unpaired) electrons. The van der Waals surface area contributed by atoms with Crippen LogP contribution in [0.2, 0.25) is 0 Å². The number of hydrogen-bond donors (Lipinski definition) is 0. The van der Waals surface area contributed by atoms with Crippen molar-refractivity contribution in [3.8, 4) is 28.0 Å². The Morgan fingerprint density at radius 2 is 1.45 bits per heavy atom. The van der Waals surface area contributed by atoms with E-state index < -0.39 is 6.61 Å². The molecule has 0 aliphatic carbocycles. The smallest absolute Gasteiger partial charge is 0.387 e. The van der Waals surface area contributed by atoms with E-state index >= 15 is 0 Å². The minimum absolute atomic E-state index is 0.118. The molecule has 0 saturated heterocycles. The summed E-state index contributed by atoms with van der Waals surface area (Å²) in [5.41, 5.74) is 4.14. The fourth-order valence-electron chi connectivity index (χ4n) is 3.24. The minimum atomic E-state index is -2.84. The first-order valence-corrected chi connectivity index (χ1v) is 9.62. The molecule has 0 bridgehead atoms. The third-order valence-corrected chi connectivity index (χ3v) is 4.77. The lowest BCUT2D eigenvalue weighted by molar-refractivity contribution is -0.0498. The van der Waals surface area contributed by atoms with Crippen LogP contribution in [0.25, 0.3) is 22.3 Å². The number of alkyl halides is 2. The van der Waals surface area contributed by atoms with Crippen molar-refractivity contribution in [1.29, 1.82) is 0 Å². The van der Waals surface area contributed by atoms with Crippen LogP contribution in [0.15, 0.2) is 79.4 Å². The zero-order valence-corrected chi connectivity index (χ0v) is 16.1. The van der Waals surface area contributed by atoms with E-state index in [1.807, 2.05) is 42.5 Å². The van der Waals surface area contributed by atoms with Gasteiger partial charge in [-0.2, -0.15) is 8.78 Å². The Morgan fingerprint density at radius 3 is 2.03 bits per heavy atom. The van der Waals surface area contributed by atoms with E-state index in [2.05, 4.69) is 11.3 Å². The molecule has 0 saturated carbocycles. The highest BCUT2D eigenvalue weighted by Crippen LogP contribution is 2.28. The second-order valence-electron chi connectivity index (χ2n) is 6.83. The molecular formula is C25H23F3O. The molecule has 0 unspecified atom stereocenters. The van der Waals surface area contributed by atoms with Crippen LogP contribution in [-0.4, -0.2) is 6.61 Å². The molecule has 0 spiro atoms. The standard InChI is InChI=1S/C25H23F3O/c1-2-3-4-5-6-18-7-16-23(24(26)17-18)21-10-8-19(9-11-21)20-12-14-22(15-13-20)29-25(27)28/h2,7-17,25H,1,3-6H2. The molecule has 0 atom stereocenters. The van der Waals surface area contributed by atoms with Crippen LogP contribution in [0.4, 0.5) is 13.2 Å². The predicted molar refractivity (Wildman–Crippen MR) is 112 cm³/mol. The van der Waals surface area contributed by atoms with Crippen molar-refractivity contribution in [2.75, 3.05) is 0 Å². The van der Waals surface area contributed by atoms with Crippen LogP contribution in [-0.2, 0) is 6.42 Å². The van der Waals surface area contributed by atoms with E-state index in [1.165, 1.54) is 12.1 Å². The van der Waals surface area contributed by atoms with Crippen molar-refractivity contribution in [3.05, 3.63) is 90.8 Å². The van der Waals surface area contributed by atoms with Gasteiger partial charge in [0.25, 0.3) is 0 Å². The molecule has 3 rings (SSSR count). The first kappa shape index (κ1) is 20.7. The molecule has 0 N–H and O–H groups in total. The summed E-state index contributed by atoms with van der Waals surface area (Å²) >= 11 is 0. The van der Waals surface area contributed by atoms with E-state index in [-0.39, 0.29) is 11.6 Å². The third kappa shape index (κ3) is 5.74. The lowest BCUT2D eigenvalue weighted by Gasteiger charge is -2.09. The van der Waals surface area contributed by atoms with Crippen LogP contribution >= 0.6 is 0 Å². The van der Waals surface area contributed by atoms with Crippen molar-refractivity contribution in [1.82, 2.24) is 0 Å². The SMILES string of the molecule is C=CCCCCc1ccc(-c2ccc(-c3ccc(OC(F)F)cc3)cc2)c(F)c1. The van der Waals surface area contributed by atoms with Crippen LogP contribution < -0.4 is 4.74 Å². The molecule has 0 aliphatic rings. The summed E-state index contributed by atoms with van der Waals surface area (Å²) < 4.78 is 43.4. The normalized spacial score (nSPS) is 10.9. The summed E-state index contributed by atoms with van der Waals surface area (Å²) in [6, 6.07) is 19.4. The summed E-state index contributed by atoms with van der Waals surface area (Å²) in [7, 11) is 0. The molecule has 3 aromatic carbocycles. The summed E-state index contributed by atoms with van der Waals surface area (Å²) in [6.07, 6.45) is 5.81. The molecule has 1 nitrogen and oxygen atoms in total. The van der Waals surface area contributed by atoms with Gasteiger partial charge in [-0.3, -0.25) is 0 Å². The van der Waals surface area contributed by atoms with Crippen LogP contribution in [0.1, 0.15) is 24.8 Å². The second-order valence-corrected chi connectivity index (χ2v) is 6.83. The fraction of sp³-hybridized carbons (Fsp3) is 0.200. The number of allylic oxidation sites excluding steroid dienone is 1. The highest BCUT2D eigenvalue weighted by Gasteiger charge is 2.08. The van der Waals surface area contributed by atoms with Crippen LogP contribution in [0.5, 0.6) is 5.75 Å². The van der Waals surface area contributed by atoms with E-state index in [4.69, 9.17) is 0 Å². The Kier molecular flexibility index (Phi) is 7.12. The first-order chi connectivity index (χ1) is 14.1. The molecule has 3 aromatic rings. The Balaban J connectivity index is 1.70. The monoisotopic (exact) mass is 396 g/mol. The largest absolute Gasteiger partial charge is 0.435 e. The number of ether oxygens (including phenoxy) is 1. The maximum absolute atomic E-state index is 14.6. The molecule has 29 heavy (non-hydrogen) atoms. The predicted octanol–water partition coefficient (Wildman–Crippen LogP) is 7.66. The number of unbranched alkanes of at least 4 members (excludes halogenated alkanes) is 2. The molecule has 0 aliphatic heterocycles. The maximum atomic E-state index is 14.6. The van der Waals surface area contributed by atoms with Gasteiger partial charge in [0.2, 0.25) is 0 Å². The summed E-state index contributed by atoms with van der Waals surface area (Å²) in [5, 5.41) is 0. The molecule has 0 aromatic heterocycles. The van der Waals surface area contributed by atoms with Gasteiger partial charge in [0, 0.05) is 5.56 Å². The van der Waals surface area contributed by atoms with Gasteiger partial charge in [0.05, 0.1) is 0 Å². The van der Waals surface area contributed by atoms with Gasteiger partial charge >= 0.3 is 6.61 Å². The van der Waals surface area contributed by atoms with Crippen molar-refractivity contribution < 1.29 is 17.9 Å². The van der Waals surface area contributed by atoms with Crippen molar-refractivity contribution in [2.24, 2.45) is 0 Å². The van der Waals surface area contributed by atoms with Gasteiger partial charge in [-0.1, -0.05) is 54.6 Å². The maximum Gasteiger partial charge on any atom is 0.387 e. The zero-order valence-electron chi connectivity index (χ0n) is 16.1. The van der Waals surface area contributed by atoms with Gasteiger partial charge in [-0.25, -0.2) is 4.39 Å². The van der Waals surface area contributed by atoms with Gasteiger partial charge in [0.1, 0.15) is 11.6 Å². The highest BCUT2D eigenvalue weighted by molar-refractivity contribution is 5.71. The average molecular weight is 396 g/mol. The van der Waals surface area contributed by atoms with E-state index in [0.717, 1.165) is 47.9 Å². The number of hydrogen-bond acceptors (Lipinski definition) is 1. The van der Waals surface area contributed by atoms with Crippen molar-refractivity contribution in [3.63, 3.8) is 0 Å². The molecular weight excluding hydrogens is 373 g/mol. The summed E-state index contributed by atoms with van der Waals surface area (Å²) in [4.78, 5) is 0. The number of halogens is 3. The Morgan fingerprint density at radius 1 is 0.828 bits per heavy atom.